The average Bonchev–Trinajstić information content (AvgIpc) is 2.40. The Labute approximate surface area is 104 Å². The Kier molecular flexibility index (Phi) is 5.87. The van der Waals surface area contributed by atoms with Crippen LogP contribution < -0.4 is 0 Å². The number of aryl methyl sites for hydroxylation is 2. The Bertz CT molecular complexity index is 398. The highest BCUT2D eigenvalue weighted by molar-refractivity contribution is 5.26. The van der Waals surface area contributed by atoms with Crippen molar-refractivity contribution in [2.45, 2.75) is 26.7 Å². The van der Waals surface area contributed by atoms with Crippen LogP contribution in [0.3, 0.4) is 0 Å². The van der Waals surface area contributed by atoms with Crippen LogP contribution in [0.15, 0.2) is 54.6 Å². The highest BCUT2D eigenvalue weighted by Gasteiger charge is 1.93. The van der Waals surface area contributed by atoms with E-state index < -0.39 is 0 Å². The summed E-state index contributed by atoms with van der Waals surface area (Å²) in [6.07, 6.45) is 2.31. The van der Waals surface area contributed by atoms with Crippen molar-refractivity contribution in [3.63, 3.8) is 0 Å². The topological polar surface area (TPSA) is 20.2 Å². The molecule has 0 atom stereocenters. The molecule has 0 aliphatic heterocycles. The van der Waals surface area contributed by atoms with Crippen molar-refractivity contribution in [2.75, 3.05) is 0 Å². The quantitative estimate of drug-likeness (QED) is 0.816. The minimum absolute atomic E-state index is 0.322. The van der Waals surface area contributed by atoms with Crippen LogP contribution in [0.4, 0.5) is 0 Å². The lowest BCUT2D eigenvalue weighted by Gasteiger charge is -2.02. The van der Waals surface area contributed by atoms with Crippen molar-refractivity contribution >= 4 is 0 Å². The zero-order valence-electron chi connectivity index (χ0n) is 10.6. The van der Waals surface area contributed by atoms with Gasteiger partial charge in [0, 0.05) is 0 Å². The second-order valence-electron chi connectivity index (χ2n) is 3.81. The van der Waals surface area contributed by atoms with Crippen LogP contribution in [-0.2, 0) is 12.8 Å². The van der Waals surface area contributed by atoms with Gasteiger partial charge in [0.25, 0.3) is 0 Å². The zero-order valence-corrected chi connectivity index (χ0v) is 10.6. The Morgan fingerprint density at radius 1 is 0.706 bits per heavy atom. The fourth-order valence-electron chi connectivity index (χ4n) is 1.68. The summed E-state index contributed by atoms with van der Waals surface area (Å²) in [6, 6.07) is 17.3. The summed E-state index contributed by atoms with van der Waals surface area (Å²) in [7, 11) is 0. The molecule has 0 radical (unpaired) electrons. The molecular weight excluding hydrogens is 208 g/mol. The highest BCUT2D eigenvalue weighted by atomic mass is 16.3. The van der Waals surface area contributed by atoms with Gasteiger partial charge in [-0.25, -0.2) is 0 Å². The first-order chi connectivity index (χ1) is 8.27. The molecule has 0 aliphatic rings. The normalized spacial score (nSPS) is 9.29. The number of hydrogen-bond donors (Lipinski definition) is 1. The second-order valence-corrected chi connectivity index (χ2v) is 3.81. The Hall–Kier alpha value is -1.76. The predicted molar refractivity (Wildman–Crippen MR) is 73.3 cm³/mol. The maximum absolute atomic E-state index is 8.63. The fraction of sp³-hybridized carbons (Fsp3) is 0.250. The van der Waals surface area contributed by atoms with Crippen molar-refractivity contribution < 1.29 is 5.11 Å². The molecule has 2 aromatic rings. The number of phenolic OH excluding ortho intramolecular Hbond substituents is 1. The summed E-state index contributed by atoms with van der Waals surface area (Å²) >= 11 is 0. The summed E-state index contributed by atoms with van der Waals surface area (Å²) in [5, 5.41) is 8.63. The molecule has 90 valence electrons. The highest BCUT2D eigenvalue weighted by Crippen LogP contribution is 2.09. The standard InChI is InChI=1S/C10H14.C6H6O/c1-3-9-7-5-6-8-10(9)4-2;7-6-4-2-1-3-5-6/h5-8H,3-4H2,1-2H3;1-5,7H. The lowest BCUT2D eigenvalue weighted by molar-refractivity contribution is 0.475. The van der Waals surface area contributed by atoms with Crippen LogP contribution >= 0.6 is 0 Å². The van der Waals surface area contributed by atoms with Crippen molar-refractivity contribution in [3.8, 4) is 5.75 Å². The van der Waals surface area contributed by atoms with Crippen molar-refractivity contribution in [1.82, 2.24) is 0 Å². The molecule has 1 N–H and O–H groups in total. The first kappa shape index (κ1) is 13.3. The number of aromatic hydroxyl groups is 1. The van der Waals surface area contributed by atoms with Crippen molar-refractivity contribution in [3.05, 3.63) is 65.7 Å². The summed E-state index contributed by atoms with van der Waals surface area (Å²) < 4.78 is 0. The van der Waals surface area contributed by atoms with Crippen LogP contribution in [0, 0.1) is 0 Å². The van der Waals surface area contributed by atoms with Crippen LogP contribution in [0.25, 0.3) is 0 Å². The lowest BCUT2D eigenvalue weighted by Crippen LogP contribution is -1.88. The molecule has 0 saturated carbocycles. The Morgan fingerprint density at radius 3 is 1.41 bits per heavy atom. The first-order valence-corrected chi connectivity index (χ1v) is 6.08. The molecule has 0 fully saturated rings. The lowest BCUT2D eigenvalue weighted by atomic mass is 10.0. The smallest absolute Gasteiger partial charge is 0.115 e. The van der Waals surface area contributed by atoms with E-state index in [1.807, 2.05) is 6.07 Å². The monoisotopic (exact) mass is 228 g/mol. The van der Waals surface area contributed by atoms with Gasteiger partial charge in [-0.1, -0.05) is 56.3 Å². The van der Waals surface area contributed by atoms with E-state index in [1.165, 1.54) is 11.1 Å². The molecule has 0 amide bonds. The fourth-order valence-corrected chi connectivity index (χ4v) is 1.68. The summed E-state index contributed by atoms with van der Waals surface area (Å²) in [5.41, 5.74) is 2.98. The van der Waals surface area contributed by atoms with E-state index in [0.29, 0.717) is 5.75 Å². The molecule has 0 heterocycles. The SMILES string of the molecule is CCc1ccccc1CC.Oc1ccccc1. The third-order valence-corrected chi connectivity index (χ3v) is 2.64. The molecule has 2 rings (SSSR count). The molecule has 2 aromatic carbocycles. The number of hydrogen-bond acceptors (Lipinski definition) is 1. The number of phenols is 1. The maximum Gasteiger partial charge on any atom is 0.115 e. The van der Waals surface area contributed by atoms with E-state index in [2.05, 4.69) is 38.1 Å². The summed E-state index contributed by atoms with van der Waals surface area (Å²) in [5.74, 6) is 0.322. The third kappa shape index (κ3) is 4.73. The van der Waals surface area contributed by atoms with Gasteiger partial charge in [-0.2, -0.15) is 0 Å². The summed E-state index contributed by atoms with van der Waals surface area (Å²) in [4.78, 5) is 0. The average molecular weight is 228 g/mol. The van der Waals surface area contributed by atoms with Crippen LogP contribution in [0.1, 0.15) is 25.0 Å². The van der Waals surface area contributed by atoms with Crippen molar-refractivity contribution in [2.24, 2.45) is 0 Å². The molecular formula is C16H20O. The number of benzene rings is 2. The van der Waals surface area contributed by atoms with E-state index in [9.17, 15) is 0 Å². The predicted octanol–water partition coefficient (Wildman–Crippen LogP) is 4.20. The molecule has 0 aromatic heterocycles. The minimum Gasteiger partial charge on any atom is -0.508 e. The number of para-hydroxylation sites is 1. The summed E-state index contributed by atoms with van der Waals surface area (Å²) in [6.45, 7) is 4.41. The molecule has 0 saturated heterocycles. The van der Waals surface area contributed by atoms with Crippen molar-refractivity contribution in [1.29, 1.82) is 0 Å². The third-order valence-electron chi connectivity index (χ3n) is 2.64. The minimum atomic E-state index is 0.322. The first-order valence-electron chi connectivity index (χ1n) is 6.08. The Balaban J connectivity index is 0.000000181. The van der Waals surface area contributed by atoms with Crippen LogP contribution in [0.5, 0.6) is 5.75 Å². The van der Waals surface area contributed by atoms with E-state index in [0.717, 1.165) is 12.8 Å². The van der Waals surface area contributed by atoms with E-state index in [1.54, 1.807) is 24.3 Å². The molecule has 1 heteroatoms. The van der Waals surface area contributed by atoms with Gasteiger partial charge in [0.2, 0.25) is 0 Å². The van der Waals surface area contributed by atoms with Crippen LogP contribution in [0.2, 0.25) is 0 Å². The molecule has 1 nitrogen and oxygen atoms in total. The molecule has 0 bridgehead atoms. The van der Waals surface area contributed by atoms with Gasteiger partial charge in [0.15, 0.2) is 0 Å². The Morgan fingerprint density at radius 2 is 1.12 bits per heavy atom. The maximum atomic E-state index is 8.63. The van der Waals surface area contributed by atoms with E-state index in [-0.39, 0.29) is 0 Å². The molecule has 0 spiro atoms. The van der Waals surface area contributed by atoms with Gasteiger partial charge in [-0.05, 0) is 36.1 Å². The zero-order chi connectivity index (χ0) is 12.5. The van der Waals surface area contributed by atoms with Gasteiger partial charge in [-0.3, -0.25) is 0 Å². The van der Waals surface area contributed by atoms with E-state index in [4.69, 9.17) is 5.11 Å². The molecule has 0 aliphatic carbocycles. The van der Waals surface area contributed by atoms with E-state index >= 15 is 0 Å². The van der Waals surface area contributed by atoms with Gasteiger partial charge in [-0.15, -0.1) is 0 Å². The second kappa shape index (κ2) is 7.50. The molecule has 17 heavy (non-hydrogen) atoms. The van der Waals surface area contributed by atoms with Crippen LogP contribution in [-0.4, -0.2) is 5.11 Å². The largest absolute Gasteiger partial charge is 0.508 e. The molecule has 0 unspecified atom stereocenters. The number of rotatable bonds is 2. The van der Waals surface area contributed by atoms with Gasteiger partial charge in [0.05, 0.1) is 0 Å². The van der Waals surface area contributed by atoms with Gasteiger partial charge < -0.3 is 5.11 Å². The van der Waals surface area contributed by atoms with Gasteiger partial charge >= 0.3 is 0 Å². The van der Waals surface area contributed by atoms with Gasteiger partial charge in [0.1, 0.15) is 5.75 Å².